The molecule has 1 spiro atoms. The zero-order chi connectivity index (χ0) is 16.9. The van der Waals surface area contributed by atoms with Crippen LogP contribution in [0, 0.1) is 0 Å². The lowest BCUT2D eigenvalue weighted by molar-refractivity contribution is 0.392. The molecule has 126 valence electrons. The van der Waals surface area contributed by atoms with Crippen molar-refractivity contribution >= 4 is 15.7 Å². The van der Waals surface area contributed by atoms with Crippen LogP contribution in [0.25, 0.3) is 0 Å². The van der Waals surface area contributed by atoms with Gasteiger partial charge >= 0.3 is 0 Å². The minimum absolute atomic E-state index is 0.00656. The third-order valence-electron chi connectivity index (χ3n) is 4.96. The zero-order valence-electron chi connectivity index (χ0n) is 13.7. The monoisotopic (exact) mass is 345 g/mol. The molecule has 1 saturated carbocycles. The van der Waals surface area contributed by atoms with Crippen molar-refractivity contribution in [2.24, 2.45) is 0 Å². The number of hydrogen-bond acceptors (Lipinski definition) is 4. The predicted molar refractivity (Wildman–Crippen MR) is 91.4 cm³/mol. The lowest BCUT2D eigenvalue weighted by Crippen LogP contribution is -2.31. The SMILES string of the molecule is COc1cc(OC)cc(S(=O)(=O)N2CC3(CC3)c3ccccc32)c1. The van der Waals surface area contributed by atoms with E-state index in [2.05, 4.69) is 0 Å². The van der Waals surface area contributed by atoms with Crippen LogP contribution in [-0.2, 0) is 15.4 Å². The quantitative estimate of drug-likeness (QED) is 0.855. The Morgan fingerprint density at radius 3 is 2.21 bits per heavy atom. The minimum atomic E-state index is -3.67. The minimum Gasteiger partial charge on any atom is -0.497 e. The molecule has 0 amide bonds. The molecule has 1 heterocycles. The summed E-state index contributed by atoms with van der Waals surface area (Å²) in [5.41, 5.74) is 1.94. The van der Waals surface area contributed by atoms with Gasteiger partial charge < -0.3 is 9.47 Å². The molecule has 5 nitrogen and oxygen atoms in total. The van der Waals surface area contributed by atoms with Crippen molar-refractivity contribution in [3.63, 3.8) is 0 Å². The summed E-state index contributed by atoms with van der Waals surface area (Å²) in [6.45, 7) is 0.508. The molecule has 0 aromatic heterocycles. The molecule has 0 N–H and O–H groups in total. The third-order valence-corrected chi connectivity index (χ3v) is 6.69. The van der Waals surface area contributed by atoms with Crippen molar-refractivity contribution in [1.82, 2.24) is 0 Å². The summed E-state index contributed by atoms with van der Waals surface area (Å²) in [6.07, 6.45) is 2.08. The molecular formula is C18H19NO4S. The van der Waals surface area contributed by atoms with Crippen molar-refractivity contribution in [3.8, 4) is 11.5 Å². The molecule has 2 aromatic carbocycles. The van der Waals surface area contributed by atoms with Gasteiger partial charge in [-0.3, -0.25) is 4.31 Å². The van der Waals surface area contributed by atoms with Crippen LogP contribution < -0.4 is 13.8 Å². The summed E-state index contributed by atoms with van der Waals surface area (Å²) in [7, 11) is -0.656. The van der Waals surface area contributed by atoms with E-state index in [4.69, 9.17) is 9.47 Å². The highest BCUT2D eigenvalue weighted by Crippen LogP contribution is 2.57. The maximum atomic E-state index is 13.3. The largest absolute Gasteiger partial charge is 0.497 e. The predicted octanol–water partition coefficient (Wildman–Crippen LogP) is 2.94. The fourth-order valence-corrected chi connectivity index (χ4v) is 5.05. The Morgan fingerprint density at radius 2 is 1.62 bits per heavy atom. The number of fused-ring (bicyclic) bond motifs is 2. The molecule has 0 atom stereocenters. The fraction of sp³-hybridized carbons (Fsp3) is 0.333. The Kier molecular flexibility index (Phi) is 3.28. The lowest BCUT2D eigenvalue weighted by atomic mass is 9.99. The van der Waals surface area contributed by atoms with Gasteiger partial charge in [-0.1, -0.05) is 18.2 Å². The maximum Gasteiger partial charge on any atom is 0.264 e. The van der Waals surface area contributed by atoms with Gasteiger partial charge in [-0.05, 0) is 24.5 Å². The number of sulfonamides is 1. The van der Waals surface area contributed by atoms with Crippen molar-refractivity contribution in [2.45, 2.75) is 23.2 Å². The smallest absolute Gasteiger partial charge is 0.264 e. The van der Waals surface area contributed by atoms with E-state index >= 15 is 0 Å². The molecule has 2 aromatic rings. The van der Waals surface area contributed by atoms with E-state index in [1.807, 2.05) is 24.3 Å². The van der Waals surface area contributed by atoms with Gasteiger partial charge in [0, 0.05) is 30.2 Å². The molecule has 0 bridgehead atoms. The Morgan fingerprint density at radius 1 is 1.00 bits per heavy atom. The molecule has 1 aliphatic carbocycles. The van der Waals surface area contributed by atoms with Gasteiger partial charge in [0.05, 0.1) is 24.8 Å². The number of para-hydroxylation sites is 1. The van der Waals surface area contributed by atoms with Gasteiger partial charge in [0.1, 0.15) is 11.5 Å². The average molecular weight is 345 g/mol. The van der Waals surface area contributed by atoms with E-state index in [0.717, 1.165) is 24.1 Å². The number of benzene rings is 2. The molecular weight excluding hydrogens is 326 g/mol. The highest BCUT2D eigenvalue weighted by atomic mass is 32.2. The second-order valence-corrected chi connectivity index (χ2v) is 8.22. The topological polar surface area (TPSA) is 55.8 Å². The van der Waals surface area contributed by atoms with E-state index in [1.54, 1.807) is 18.2 Å². The van der Waals surface area contributed by atoms with Gasteiger partial charge in [-0.25, -0.2) is 8.42 Å². The van der Waals surface area contributed by atoms with Gasteiger partial charge in [-0.15, -0.1) is 0 Å². The second-order valence-electron chi connectivity index (χ2n) is 6.36. The molecule has 0 saturated heterocycles. The summed E-state index contributed by atoms with van der Waals surface area (Å²) < 4.78 is 38.5. The van der Waals surface area contributed by atoms with E-state index in [0.29, 0.717) is 18.0 Å². The molecule has 2 aliphatic rings. The van der Waals surface area contributed by atoms with Gasteiger partial charge in [0.2, 0.25) is 0 Å². The van der Waals surface area contributed by atoms with Crippen LogP contribution >= 0.6 is 0 Å². The van der Waals surface area contributed by atoms with E-state index in [1.165, 1.54) is 18.5 Å². The summed E-state index contributed by atoms with van der Waals surface area (Å²) in [6, 6.07) is 12.5. The van der Waals surface area contributed by atoms with Crippen LogP contribution in [0.2, 0.25) is 0 Å². The van der Waals surface area contributed by atoms with E-state index in [-0.39, 0.29) is 10.3 Å². The second kappa shape index (κ2) is 5.14. The standard InChI is InChI=1S/C18H19NO4S/c1-22-13-9-14(23-2)11-15(10-13)24(20,21)19-12-18(7-8-18)16-5-3-4-6-17(16)19/h3-6,9-11H,7-8,12H2,1-2H3. The van der Waals surface area contributed by atoms with Crippen LogP contribution in [0.3, 0.4) is 0 Å². The first kappa shape index (κ1) is 15.3. The number of ether oxygens (including phenoxy) is 2. The Balaban J connectivity index is 1.82. The first-order valence-electron chi connectivity index (χ1n) is 7.85. The fourth-order valence-electron chi connectivity index (χ4n) is 3.44. The van der Waals surface area contributed by atoms with Crippen LogP contribution in [0.5, 0.6) is 11.5 Å². The van der Waals surface area contributed by atoms with Gasteiger partial charge in [0.25, 0.3) is 10.0 Å². The van der Waals surface area contributed by atoms with Crippen LogP contribution in [0.1, 0.15) is 18.4 Å². The number of methoxy groups -OCH3 is 2. The number of nitrogens with zero attached hydrogens (tertiary/aromatic N) is 1. The van der Waals surface area contributed by atoms with Crippen molar-refractivity contribution < 1.29 is 17.9 Å². The van der Waals surface area contributed by atoms with Crippen molar-refractivity contribution in [3.05, 3.63) is 48.0 Å². The van der Waals surface area contributed by atoms with Crippen molar-refractivity contribution in [2.75, 3.05) is 25.1 Å². The molecule has 0 radical (unpaired) electrons. The Hall–Kier alpha value is -2.21. The number of hydrogen-bond donors (Lipinski definition) is 0. The maximum absolute atomic E-state index is 13.3. The zero-order valence-corrected chi connectivity index (χ0v) is 14.5. The highest BCUT2D eigenvalue weighted by molar-refractivity contribution is 7.92. The van der Waals surface area contributed by atoms with Gasteiger partial charge in [-0.2, -0.15) is 0 Å². The Bertz CT molecular complexity index is 881. The molecule has 0 unspecified atom stereocenters. The summed E-state index contributed by atoms with van der Waals surface area (Å²) in [5.74, 6) is 0.920. The van der Waals surface area contributed by atoms with Gasteiger partial charge in [0.15, 0.2) is 0 Å². The summed E-state index contributed by atoms with van der Waals surface area (Å²) >= 11 is 0. The Labute approximate surface area is 141 Å². The number of rotatable bonds is 4. The van der Waals surface area contributed by atoms with Crippen LogP contribution in [-0.4, -0.2) is 29.2 Å². The van der Waals surface area contributed by atoms with Crippen molar-refractivity contribution in [1.29, 1.82) is 0 Å². The molecule has 4 rings (SSSR count). The molecule has 1 fully saturated rings. The summed E-state index contributed by atoms with van der Waals surface area (Å²) in [4.78, 5) is 0.186. The molecule has 6 heteroatoms. The number of anilines is 1. The van der Waals surface area contributed by atoms with Crippen LogP contribution in [0.4, 0.5) is 5.69 Å². The highest BCUT2D eigenvalue weighted by Gasteiger charge is 2.54. The molecule has 24 heavy (non-hydrogen) atoms. The van der Waals surface area contributed by atoms with E-state index < -0.39 is 10.0 Å². The average Bonchev–Trinajstić information content (AvgIpc) is 3.31. The van der Waals surface area contributed by atoms with E-state index in [9.17, 15) is 8.42 Å². The lowest BCUT2D eigenvalue weighted by Gasteiger charge is -2.21. The first-order valence-corrected chi connectivity index (χ1v) is 9.29. The summed E-state index contributed by atoms with van der Waals surface area (Å²) in [5, 5.41) is 0. The first-order chi connectivity index (χ1) is 11.5. The molecule has 1 aliphatic heterocycles. The normalized spacial score (nSPS) is 17.7. The third kappa shape index (κ3) is 2.17. The van der Waals surface area contributed by atoms with Crippen LogP contribution in [0.15, 0.2) is 47.4 Å².